The van der Waals surface area contributed by atoms with Crippen LogP contribution in [0, 0.1) is 11.8 Å². The van der Waals surface area contributed by atoms with Crippen LogP contribution in [-0.4, -0.2) is 36.1 Å². The molecular formula is C12H14O3. The predicted octanol–water partition coefficient (Wildman–Crippen LogP) is 0.408. The van der Waals surface area contributed by atoms with Crippen molar-refractivity contribution in [1.29, 1.82) is 0 Å². The van der Waals surface area contributed by atoms with Crippen molar-refractivity contribution in [3.8, 4) is 11.8 Å². The first kappa shape index (κ1) is 11.7. The SMILES string of the molecule is OC[C@@H](O)COCC#Cc1ccccc1. The highest BCUT2D eigenvalue weighted by molar-refractivity contribution is 5.33. The molecule has 0 radical (unpaired) electrons. The lowest BCUT2D eigenvalue weighted by molar-refractivity contribution is 0.0164. The van der Waals surface area contributed by atoms with Gasteiger partial charge < -0.3 is 14.9 Å². The van der Waals surface area contributed by atoms with Gasteiger partial charge in [0.25, 0.3) is 0 Å². The summed E-state index contributed by atoms with van der Waals surface area (Å²) in [5, 5.41) is 17.5. The normalized spacial score (nSPS) is 11.6. The number of hydrogen-bond acceptors (Lipinski definition) is 3. The lowest BCUT2D eigenvalue weighted by Gasteiger charge is -2.04. The third-order valence-electron chi connectivity index (χ3n) is 1.70. The molecule has 3 heteroatoms. The quantitative estimate of drug-likeness (QED) is 0.554. The molecule has 1 rings (SSSR count). The Morgan fingerprint density at radius 3 is 2.67 bits per heavy atom. The molecule has 1 aromatic carbocycles. The van der Waals surface area contributed by atoms with E-state index in [4.69, 9.17) is 14.9 Å². The van der Waals surface area contributed by atoms with Crippen molar-refractivity contribution < 1.29 is 14.9 Å². The van der Waals surface area contributed by atoms with Crippen molar-refractivity contribution in [2.75, 3.05) is 19.8 Å². The molecule has 0 bridgehead atoms. The van der Waals surface area contributed by atoms with E-state index in [1.807, 2.05) is 30.3 Å². The van der Waals surface area contributed by atoms with E-state index in [1.165, 1.54) is 0 Å². The molecule has 80 valence electrons. The molecular weight excluding hydrogens is 192 g/mol. The van der Waals surface area contributed by atoms with Gasteiger partial charge >= 0.3 is 0 Å². The Kier molecular flexibility index (Phi) is 5.49. The van der Waals surface area contributed by atoms with Gasteiger partial charge in [-0.2, -0.15) is 0 Å². The van der Waals surface area contributed by atoms with E-state index in [2.05, 4.69) is 11.8 Å². The molecule has 0 unspecified atom stereocenters. The topological polar surface area (TPSA) is 49.7 Å². The molecule has 0 amide bonds. The van der Waals surface area contributed by atoms with Gasteiger partial charge in [0.05, 0.1) is 13.2 Å². The number of aliphatic hydroxyl groups excluding tert-OH is 2. The maximum Gasteiger partial charge on any atom is 0.108 e. The van der Waals surface area contributed by atoms with Crippen molar-refractivity contribution in [2.45, 2.75) is 6.10 Å². The van der Waals surface area contributed by atoms with Gasteiger partial charge in [0.1, 0.15) is 12.7 Å². The summed E-state index contributed by atoms with van der Waals surface area (Å²) < 4.78 is 5.02. The van der Waals surface area contributed by atoms with Crippen LogP contribution in [0.3, 0.4) is 0 Å². The largest absolute Gasteiger partial charge is 0.394 e. The zero-order chi connectivity index (χ0) is 10.9. The standard InChI is InChI=1S/C12H14O3/c13-9-12(14)10-15-8-4-7-11-5-2-1-3-6-11/h1-3,5-6,12-14H,8-10H2/t12-/m1/s1. The summed E-state index contributed by atoms with van der Waals surface area (Å²) in [7, 11) is 0. The smallest absolute Gasteiger partial charge is 0.108 e. The first-order valence-corrected chi connectivity index (χ1v) is 4.73. The molecule has 0 spiro atoms. The second-order valence-electron chi connectivity index (χ2n) is 3.02. The lowest BCUT2D eigenvalue weighted by atomic mass is 10.2. The average molecular weight is 206 g/mol. The highest BCUT2D eigenvalue weighted by Gasteiger charge is 1.99. The highest BCUT2D eigenvalue weighted by atomic mass is 16.5. The van der Waals surface area contributed by atoms with Crippen LogP contribution in [0.5, 0.6) is 0 Å². The minimum atomic E-state index is -0.816. The van der Waals surface area contributed by atoms with Gasteiger partial charge in [0.15, 0.2) is 0 Å². The molecule has 15 heavy (non-hydrogen) atoms. The number of aliphatic hydroxyl groups is 2. The molecule has 0 saturated heterocycles. The van der Waals surface area contributed by atoms with E-state index < -0.39 is 6.10 Å². The van der Waals surface area contributed by atoms with E-state index in [-0.39, 0.29) is 19.8 Å². The van der Waals surface area contributed by atoms with Crippen LogP contribution in [0.25, 0.3) is 0 Å². The Morgan fingerprint density at radius 1 is 1.27 bits per heavy atom. The third kappa shape index (κ3) is 5.18. The minimum Gasteiger partial charge on any atom is -0.394 e. The van der Waals surface area contributed by atoms with E-state index in [0.29, 0.717) is 0 Å². The van der Waals surface area contributed by atoms with Crippen LogP contribution in [0.15, 0.2) is 30.3 Å². The summed E-state index contributed by atoms with van der Waals surface area (Å²) in [6.45, 7) is 0.0814. The van der Waals surface area contributed by atoms with Crippen LogP contribution in [0.1, 0.15) is 5.56 Å². The van der Waals surface area contributed by atoms with Crippen molar-refractivity contribution >= 4 is 0 Å². The van der Waals surface area contributed by atoms with Gasteiger partial charge in [-0.05, 0) is 12.1 Å². The van der Waals surface area contributed by atoms with E-state index in [0.717, 1.165) is 5.56 Å². The van der Waals surface area contributed by atoms with E-state index >= 15 is 0 Å². The van der Waals surface area contributed by atoms with Crippen molar-refractivity contribution in [1.82, 2.24) is 0 Å². The lowest BCUT2D eigenvalue weighted by Crippen LogP contribution is -2.19. The maximum atomic E-state index is 8.95. The zero-order valence-corrected chi connectivity index (χ0v) is 8.39. The van der Waals surface area contributed by atoms with E-state index in [9.17, 15) is 0 Å². The summed E-state index contributed by atoms with van der Waals surface area (Å²) in [6, 6.07) is 9.59. The molecule has 1 atom stereocenters. The van der Waals surface area contributed by atoms with E-state index in [1.54, 1.807) is 0 Å². The maximum absolute atomic E-state index is 8.95. The molecule has 2 N–H and O–H groups in total. The minimum absolute atomic E-state index is 0.111. The van der Waals surface area contributed by atoms with Gasteiger partial charge in [-0.1, -0.05) is 30.0 Å². The second-order valence-corrected chi connectivity index (χ2v) is 3.02. The molecule has 0 fully saturated rings. The number of hydrogen-bond donors (Lipinski definition) is 2. The highest BCUT2D eigenvalue weighted by Crippen LogP contribution is 1.94. The predicted molar refractivity (Wildman–Crippen MR) is 57.2 cm³/mol. The number of benzene rings is 1. The Hall–Kier alpha value is -1.34. The Morgan fingerprint density at radius 2 is 2.00 bits per heavy atom. The van der Waals surface area contributed by atoms with Crippen LogP contribution < -0.4 is 0 Å². The molecule has 0 aliphatic rings. The van der Waals surface area contributed by atoms with Gasteiger partial charge in [0, 0.05) is 5.56 Å². The molecule has 0 aliphatic carbocycles. The molecule has 0 aromatic heterocycles. The summed E-state index contributed by atoms with van der Waals surface area (Å²) in [6.07, 6.45) is -0.816. The molecule has 0 heterocycles. The Labute approximate surface area is 89.3 Å². The molecule has 1 aromatic rings. The summed E-state index contributed by atoms with van der Waals surface area (Å²) in [5.41, 5.74) is 0.934. The fourth-order valence-electron chi connectivity index (χ4n) is 0.958. The first-order valence-electron chi connectivity index (χ1n) is 4.73. The third-order valence-corrected chi connectivity index (χ3v) is 1.70. The summed E-state index contributed by atoms with van der Waals surface area (Å²) >= 11 is 0. The number of rotatable bonds is 4. The Bertz CT molecular complexity index is 324. The summed E-state index contributed by atoms with van der Waals surface area (Å²) in [5.74, 6) is 5.73. The summed E-state index contributed by atoms with van der Waals surface area (Å²) in [4.78, 5) is 0. The van der Waals surface area contributed by atoms with Crippen LogP contribution >= 0.6 is 0 Å². The first-order chi connectivity index (χ1) is 7.33. The number of ether oxygens (including phenoxy) is 1. The zero-order valence-electron chi connectivity index (χ0n) is 8.39. The van der Waals surface area contributed by atoms with Gasteiger partial charge in [-0.25, -0.2) is 0 Å². The molecule has 3 nitrogen and oxygen atoms in total. The van der Waals surface area contributed by atoms with Crippen molar-refractivity contribution in [3.05, 3.63) is 35.9 Å². The van der Waals surface area contributed by atoms with Crippen LogP contribution in [0.4, 0.5) is 0 Å². The van der Waals surface area contributed by atoms with Crippen molar-refractivity contribution in [3.63, 3.8) is 0 Å². The van der Waals surface area contributed by atoms with Gasteiger partial charge in [-0.3, -0.25) is 0 Å². The van der Waals surface area contributed by atoms with Crippen LogP contribution in [0.2, 0.25) is 0 Å². The average Bonchev–Trinajstić information content (AvgIpc) is 2.29. The second kappa shape index (κ2) is 7.02. The van der Waals surface area contributed by atoms with Gasteiger partial charge in [0.2, 0.25) is 0 Å². The van der Waals surface area contributed by atoms with Crippen LogP contribution in [-0.2, 0) is 4.74 Å². The van der Waals surface area contributed by atoms with Gasteiger partial charge in [-0.15, -0.1) is 0 Å². The Balaban J connectivity index is 2.23. The fraction of sp³-hybridized carbons (Fsp3) is 0.333. The monoisotopic (exact) mass is 206 g/mol. The molecule has 0 aliphatic heterocycles. The molecule has 0 saturated carbocycles. The fourth-order valence-corrected chi connectivity index (χ4v) is 0.958. The van der Waals surface area contributed by atoms with Crippen molar-refractivity contribution in [2.24, 2.45) is 0 Å².